The fourth-order valence-corrected chi connectivity index (χ4v) is 2.42. The first-order valence-electron chi connectivity index (χ1n) is 5.60. The van der Waals surface area contributed by atoms with E-state index < -0.39 is 0 Å². The number of nitrogens with two attached hydrogens (primary N) is 1. The molecule has 88 valence electrons. The van der Waals surface area contributed by atoms with Crippen LogP contribution in [0.25, 0.3) is 0 Å². The first kappa shape index (κ1) is 12.7. The minimum Gasteiger partial charge on any atom is -0.315 e. The van der Waals surface area contributed by atoms with Gasteiger partial charge in [-0.1, -0.05) is 20.8 Å². The van der Waals surface area contributed by atoms with Crippen molar-refractivity contribution in [3.8, 4) is 0 Å². The minimum atomic E-state index is -0.141. The largest absolute Gasteiger partial charge is 0.315 e. The van der Waals surface area contributed by atoms with Gasteiger partial charge in [-0.05, 0) is 26.2 Å². The Hall–Kier alpha value is -0.410. The van der Waals surface area contributed by atoms with Crippen LogP contribution in [-0.4, -0.2) is 28.9 Å². The Bertz CT molecular complexity index is 260. The van der Waals surface area contributed by atoms with Crippen molar-refractivity contribution >= 4 is 5.78 Å². The summed E-state index contributed by atoms with van der Waals surface area (Å²) in [4.78, 5) is 14.1. The third kappa shape index (κ3) is 2.40. The number of ketones is 1. The molecule has 2 N–H and O–H groups in total. The molecule has 1 aliphatic rings. The standard InChI is InChI=1S/C12H24N2O/c1-11(2,3)9-8(15)7-14(10(9)13)12(4,5)6/h9-10H,7,13H2,1-6H3. The van der Waals surface area contributed by atoms with E-state index in [9.17, 15) is 4.79 Å². The van der Waals surface area contributed by atoms with E-state index in [0.29, 0.717) is 6.54 Å². The van der Waals surface area contributed by atoms with Gasteiger partial charge in [0.15, 0.2) is 5.78 Å². The second-order valence-electron chi connectivity index (χ2n) is 6.60. The molecule has 0 radical (unpaired) electrons. The molecule has 1 aliphatic heterocycles. The van der Waals surface area contributed by atoms with Gasteiger partial charge in [-0.3, -0.25) is 9.69 Å². The van der Waals surface area contributed by atoms with Crippen molar-refractivity contribution in [1.82, 2.24) is 4.90 Å². The molecular weight excluding hydrogens is 188 g/mol. The third-order valence-electron chi connectivity index (χ3n) is 3.17. The molecule has 0 saturated carbocycles. The topological polar surface area (TPSA) is 46.3 Å². The number of rotatable bonds is 0. The van der Waals surface area contributed by atoms with Gasteiger partial charge in [-0.25, -0.2) is 0 Å². The van der Waals surface area contributed by atoms with Crippen LogP contribution in [0.2, 0.25) is 0 Å². The lowest BCUT2D eigenvalue weighted by molar-refractivity contribution is -0.122. The van der Waals surface area contributed by atoms with Gasteiger partial charge in [0.05, 0.1) is 18.6 Å². The van der Waals surface area contributed by atoms with Crippen LogP contribution in [0.1, 0.15) is 41.5 Å². The number of hydrogen-bond donors (Lipinski definition) is 1. The number of nitrogens with zero attached hydrogens (tertiary/aromatic N) is 1. The zero-order valence-electron chi connectivity index (χ0n) is 10.8. The van der Waals surface area contributed by atoms with Crippen LogP contribution >= 0.6 is 0 Å². The molecule has 0 aromatic rings. The molecule has 0 amide bonds. The third-order valence-corrected chi connectivity index (χ3v) is 3.17. The number of hydrogen-bond acceptors (Lipinski definition) is 3. The summed E-state index contributed by atoms with van der Waals surface area (Å²) in [6.07, 6.45) is -0.141. The number of carbonyl (C=O) groups excluding carboxylic acids is 1. The summed E-state index contributed by atoms with van der Waals surface area (Å²) in [5.41, 5.74) is 6.11. The Labute approximate surface area is 93.0 Å². The van der Waals surface area contributed by atoms with Gasteiger partial charge in [0.1, 0.15) is 0 Å². The molecule has 1 heterocycles. The summed E-state index contributed by atoms with van der Waals surface area (Å²) in [6, 6.07) is 0. The van der Waals surface area contributed by atoms with Crippen molar-refractivity contribution in [1.29, 1.82) is 0 Å². The summed E-state index contributed by atoms with van der Waals surface area (Å²) in [6.45, 7) is 13.1. The van der Waals surface area contributed by atoms with E-state index in [4.69, 9.17) is 5.73 Å². The fraction of sp³-hybridized carbons (Fsp3) is 0.917. The highest BCUT2D eigenvalue weighted by Gasteiger charge is 2.47. The first-order valence-corrected chi connectivity index (χ1v) is 5.60. The number of carbonyl (C=O) groups is 1. The average molecular weight is 212 g/mol. The van der Waals surface area contributed by atoms with Gasteiger partial charge in [0.2, 0.25) is 0 Å². The lowest BCUT2D eigenvalue weighted by Gasteiger charge is -2.38. The molecule has 1 saturated heterocycles. The van der Waals surface area contributed by atoms with Gasteiger partial charge in [0.25, 0.3) is 0 Å². The highest BCUT2D eigenvalue weighted by molar-refractivity contribution is 5.86. The number of likely N-dealkylation sites (tertiary alicyclic amines) is 1. The van der Waals surface area contributed by atoms with Crippen molar-refractivity contribution in [2.75, 3.05) is 6.54 Å². The monoisotopic (exact) mass is 212 g/mol. The Kier molecular flexibility index (Phi) is 3.01. The SMILES string of the molecule is CC(C)(C)C1C(=O)CN(C(C)(C)C)C1N. The molecule has 0 aromatic carbocycles. The molecule has 15 heavy (non-hydrogen) atoms. The summed E-state index contributed by atoms with van der Waals surface area (Å²) in [5, 5.41) is 0. The zero-order chi connectivity index (χ0) is 12.0. The molecule has 1 fully saturated rings. The zero-order valence-corrected chi connectivity index (χ0v) is 10.8. The van der Waals surface area contributed by atoms with E-state index in [1.54, 1.807) is 0 Å². The van der Waals surface area contributed by atoms with Gasteiger partial charge in [-0.15, -0.1) is 0 Å². The quantitative estimate of drug-likeness (QED) is 0.663. The van der Waals surface area contributed by atoms with Crippen LogP contribution in [0.5, 0.6) is 0 Å². The smallest absolute Gasteiger partial charge is 0.153 e. The van der Waals surface area contributed by atoms with Crippen molar-refractivity contribution in [3.63, 3.8) is 0 Å². The normalized spacial score (nSPS) is 29.9. The van der Waals surface area contributed by atoms with Crippen LogP contribution in [0.15, 0.2) is 0 Å². The van der Waals surface area contributed by atoms with Gasteiger partial charge >= 0.3 is 0 Å². The average Bonchev–Trinajstić information content (AvgIpc) is 2.22. The van der Waals surface area contributed by atoms with E-state index in [-0.39, 0.29) is 28.8 Å². The molecule has 2 atom stereocenters. The minimum absolute atomic E-state index is 0.0327. The number of Topliss-reactive ketones (excluding diaryl/α,β-unsaturated/α-hetero) is 1. The molecule has 0 bridgehead atoms. The maximum absolute atomic E-state index is 12.0. The van der Waals surface area contributed by atoms with E-state index in [2.05, 4.69) is 46.4 Å². The highest BCUT2D eigenvalue weighted by atomic mass is 16.1. The van der Waals surface area contributed by atoms with E-state index in [1.165, 1.54) is 0 Å². The van der Waals surface area contributed by atoms with Gasteiger partial charge < -0.3 is 5.73 Å². The van der Waals surface area contributed by atoms with E-state index in [0.717, 1.165) is 0 Å². The Morgan fingerprint density at radius 1 is 1.20 bits per heavy atom. The van der Waals surface area contributed by atoms with Crippen LogP contribution in [-0.2, 0) is 4.79 Å². The van der Waals surface area contributed by atoms with Crippen LogP contribution < -0.4 is 5.73 Å². The molecule has 0 aliphatic carbocycles. The maximum Gasteiger partial charge on any atom is 0.153 e. The molecular formula is C12H24N2O. The molecule has 1 rings (SSSR count). The lowest BCUT2D eigenvalue weighted by Crippen LogP contribution is -2.52. The maximum atomic E-state index is 12.0. The van der Waals surface area contributed by atoms with Crippen molar-refractivity contribution in [3.05, 3.63) is 0 Å². The van der Waals surface area contributed by atoms with Crippen LogP contribution in [0, 0.1) is 11.3 Å². The Morgan fingerprint density at radius 2 is 1.67 bits per heavy atom. The van der Waals surface area contributed by atoms with Crippen LogP contribution in [0.4, 0.5) is 0 Å². The lowest BCUT2D eigenvalue weighted by atomic mass is 9.78. The molecule has 2 unspecified atom stereocenters. The van der Waals surface area contributed by atoms with E-state index >= 15 is 0 Å². The second-order valence-corrected chi connectivity index (χ2v) is 6.60. The van der Waals surface area contributed by atoms with Crippen LogP contribution in [0.3, 0.4) is 0 Å². The molecule has 0 spiro atoms. The van der Waals surface area contributed by atoms with Gasteiger partial charge in [-0.2, -0.15) is 0 Å². The van der Waals surface area contributed by atoms with E-state index in [1.807, 2.05) is 0 Å². The fourth-order valence-electron chi connectivity index (χ4n) is 2.42. The summed E-state index contributed by atoms with van der Waals surface area (Å²) >= 11 is 0. The van der Waals surface area contributed by atoms with Crippen molar-refractivity contribution < 1.29 is 4.79 Å². The Balaban J connectivity index is 2.94. The molecule has 3 nitrogen and oxygen atoms in total. The predicted molar refractivity (Wildman–Crippen MR) is 62.4 cm³/mol. The van der Waals surface area contributed by atoms with Crippen molar-refractivity contribution in [2.24, 2.45) is 17.1 Å². The van der Waals surface area contributed by atoms with Gasteiger partial charge in [0, 0.05) is 5.54 Å². The molecule has 3 heteroatoms. The Morgan fingerprint density at radius 3 is 1.87 bits per heavy atom. The highest BCUT2D eigenvalue weighted by Crippen LogP contribution is 2.36. The van der Waals surface area contributed by atoms with Crippen molar-refractivity contribution in [2.45, 2.75) is 53.2 Å². The summed E-state index contributed by atoms with van der Waals surface area (Å²) in [7, 11) is 0. The molecule has 0 aromatic heterocycles. The second kappa shape index (κ2) is 3.56. The summed E-state index contributed by atoms with van der Waals surface area (Å²) < 4.78 is 0. The predicted octanol–water partition coefficient (Wildman–Crippen LogP) is 1.62. The summed E-state index contributed by atoms with van der Waals surface area (Å²) in [5.74, 6) is 0.238. The first-order chi connectivity index (χ1) is 6.55.